The molecule has 0 unspecified atom stereocenters. The molecule has 0 aliphatic carbocycles. The Hall–Kier alpha value is -2.80. The summed E-state index contributed by atoms with van der Waals surface area (Å²) in [5.41, 5.74) is 2.27. The number of nitrogens with one attached hydrogen (secondary N) is 2. The van der Waals surface area contributed by atoms with Gasteiger partial charge in [0.25, 0.3) is 0 Å². The number of pyridine rings is 1. The molecule has 0 fully saturated rings. The second-order valence-electron chi connectivity index (χ2n) is 5.48. The Morgan fingerprint density at radius 1 is 1.30 bits per heavy atom. The first-order chi connectivity index (χ1) is 11.0. The van der Waals surface area contributed by atoms with Crippen molar-refractivity contribution < 1.29 is 9.60 Å². The van der Waals surface area contributed by atoms with Gasteiger partial charge in [-0.3, -0.25) is 10.6 Å². The van der Waals surface area contributed by atoms with Gasteiger partial charge in [0.2, 0.25) is 0 Å². The molecule has 0 bridgehead atoms. The van der Waals surface area contributed by atoms with Gasteiger partial charge in [-0.1, -0.05) is 13.8 Å². The molecule has 0 radical (unpaired) electrons. The van der Waals surface area contributed by atoms with Gasteiger partial charge in [-0.2, -0.15) is 0 Å². The fourth-order valence-electron chi connectivity index (χ4n) is 2.39. The fourth-order valence-corrected chi connectivity index (χ4v) is 2.39. The maximum absolute atomic E-state index is 13.8. The molecule has 0 atom stereocenters. The lowest BCUT2D eigenvalue weighted by molar-refractivity contribution is 0.311. The molecule has 2 aromatic heterocycles. The zero-order valence-corrected chi connectivity index (χ0v) is 12.7. The van der Waals surface area contributed by atoms with Gasteiger partial charge in [-0.05, 0) is 35.7 Å². The number of halogens is 1. The number of H-pyrrole nitrogens is 1. The van der Waals surface area contributed by atoms with Crippen molar-refractivity contribution in [3.63, 3.8) is 0 Å². The molecule has 7 heteroatoms. The number of amidine groups is 1. The summed E-state index contributed by atoms with van der Waals surface area (Å²) in [5, 5.41) is 19.3. The van der Waals surface area contributed by atoms with Crippen LogP contribution in [0.5, 0.6) is 0 Å². The molecule has 118 valence electrons. The number of hydroxylamine groups is 1. The van der Waals surface area contributed by atoms with Crippen LogP contribution in [0, 0.1) is 11.2 Å². The Kier molecular flexibility index (Phi) is 3.79. The Bertz CT molecular complexity index is 874. The van der Waals surface area contributed by atoms with Crippen LogP contribution in [0.25, 0.3) is 11.2 Å². The van der Waals surface area contributed by atoms with Crippen LogP contribution in [0.15, 0.2) is 36.8 Å². The number of rotatable bonds is 3. The standard InChI is InChI=1S/C16H16FN5O/c1-9(2)12-7-10(3-4-13(12)17)22(23)15(18)11-5-6-19-16-14(11)20-8-21-16/h3-9,18,23H,1-2H3,(H,19,20,21). The number of nitrogens with zero attached hydrogens (tertiary/aromatic N) is 3. The molecule has 0 aliphatic heterocycles. The van der Waals surface area contributed by atoms with E-state index in [-0.39, 0.29) is 17.6 Å². The summed E-state index contributed by atoms with van der Waals surface area (Å²) in [6.45, 7) is 3.73. The van der Waals surface area contributed by atoms with Crippen LogP contribution in [-0.4, -0.2) is 26.0 Å². The Morgan fingerprint density at radius 3 is 2.83 bits per heavy atom. The van der Waals surface area contributed by atoms with E-state index < -0.39 is 0 Å². The summed E-state index contributed by atoms with van der Waals surface area (Å²) in [4.78, 5) is 11.0. The first-order valence-electron chi connectivity index (χ1n) is 7.14. The van der Waals surface area contributed by atoms with E-state index in [1.54, 1.807) is 12.1 Å². The predicted octanol–water partition coefficient (Wildman–Crippen LogP) is 3.44. The van der Waals surface area contributed by atoms with Crippen LogP contribution >= 0.6 is 0 Å². The zero-order chi connectivity index (χ0) is 16.6. The molecule has 3 aromatic rings. The molecule has 0 saturated carbocycles. The Labute approximate surface area is 132 Å². The predicted molar refractivity (Wildman–Crippen MR) is 85.5 cm³/mol. The van der Waals surface area contributed by atoms with Gasteiger partial charge in [0, 0.05) is 11.8 Å². The Balaban J connectivity index is 2.00. The third kappa shape index (κ3) is 2.66. The summed E-state index contributed by atoms with van der Waals surface area (Å²) in [5.74, 6) is -0.510. The quantitative estimate of drug-likeness (QED) is 0.392. The van der Waals surface area contributed by atoms with Gasteiger partial charge in [-0.25, -0.2) is 19.4 Å². The molecule has 6 nitrogen and oxygen atoms in total. The average molecular weight is 313 g/mol. The molecule has 0 amide bonds. The van der Waals surface area contributed by atoms with E-state index in [1.807, 2.05) is 13.8 Å². The lowest BCUT2D eigenvalue weighted by atomic mass is 10.0. The van der Waals surface area contributed by atoms with Gasteiger partial charge < -0.3 is 4.98 Å². The van der Waals surface area contributed by atoms with Crippen LogP contribution in [0.4, 0.5) is 10.1 Å². The molecule has 3 N–H and O–H groups in total. The molecule has 1 aromatic carbocycles. The lowest BCUT2D eigenvalue weighted by Gasteiger charge is -2.19. The van der Waals surface area contributed by atoms with Crippen LogP contribution in [-0.2, 0) is 0 Å². The number of hydrogen-bond donors (Lipinski definition) is 3. The lowest BCUT2D eigenvalue weighted by Crippen LogP contribution is -2.27. The van der Waals surface area contributed by atoms with E-state index >= 15 is 0 Å². The van der Waals surface area contributed by atoms with E-state index in [0.717, 1.165) is 5.06 Å². The topological polar surface area (TPSA) is 88.9 Å². The number of hydrogen-bond acceptors (Lipinski definition) is 4. The summed E-state index contributed by atoms with van der Waals surface area (Å²) in [6.07, 6.45) is 3.00. The first-order valence-corrected chi connectivity index (χ1v) is 7.14. The minimum absolute atomic E-state index is 0.0298. The van der Waals surface area contributed by atoms with Gasteiger partial charge in [-0.15, -0.1) is 0 Å². The van der Waals surface area contributed by atoms with Crippen molar-refractivity contribution in [2.45, 2.75) is 19.8 Å². The highest BCUT2D eigenvalue weighted by Crippen LogP contribution is 2.25. The highest BCUT2D eigenvalue weighted by molar-refractivity contribution is 6.12. The van der Waals surface area contributed by atoms with E-state index in [0.29, 0.717) is 28.0 Å². The SMILES string of the molecule is CC(C)c1cc(N(O)C(=N)c2ccnc3nc[nH]c23)ccc1F. The number of imidazole rings is 1. The molecule has 0 saturated heterocycles. The monoisotopic (exact) mass is 313 g/mol. The summed E-state index contributed by atoms with van der Waals surface area (Å²) in [7, 11) is 0. The van der Waals surface area contributed by atoms with Crippen LogP contribution < -0.4 is 5.06 Å². The molecule has 3 rings (SSSR count). The summed E-state index contributed by atoms with van der Waals surface area (Å²) in [6, 6.07) is 5.87. The van der Waals surface area contributed by atoms with Crippen LogP contribution in [0.1, 0.15) is 30.9 Å². The number of anilines is 1. The van der Waals surface area contributed by atoms with Gasteiger partial charge in [0.15, 0.2) is 11.5 Å². The zero-order valence-electron chi connectivity index (χ0n) is 12.7. The van der Waals surface area contributed by atoms with Crippen LogP contribution in [0.2, 0.25) is 0 Å². The van der Waals surface area contributed by atoms with Gasteiger partial charge in [0.05, 0.1) is 17.5 Å². The van der Waals surface area contributed by atoms with Gasteiger partial charge >= 0.3 is 0 Å². The molecular formula is C16H16FN5O. The van der Waals surface area contributed by atoms with E-state index in [1.165, 1.54) is 24.7 Å². The van der Waals surface area contributed by atoms with E-state index in [2.05, 4.69) is 15.0 Å². The Morgan fingerprint density at radius 2 is 2.09 bits per heavy atom. The maximum atomic E-state index is 13.8. The number of benzene rings is 1. The third-order valence-corrected chi connectivity index (χ3v) is 3.64. The van der Waals surface area contributed by atoms with Crippen molar-refractivity contribution in [1.82, 2.24) is 15.0 Å². The largest absolute Gasteiger partial charge is 0.343 e. The second kappa shape index (κ2) is 5.77. The van der Waals surface area contributed by atoms with Crippen molar-refractivity contribution in [3.05, 3.63) is 53.7 Å². The minimum Gasteiger partial charge on any atom is -0.343 e. The summed E-state index contributed by atoms with van der Waals surface area (Å²) >= 11 is 0. The molecule has 0 spiro atoms. The molecule has 0 aliphatic rings. The highest BCUT2D eigenvalue weighted by atomic mass is 19.1. The average Bonchev–Trinajstić information content (AvgIpc) is 3.02. The van der Waals surface area contributed by atoms with Crippen molar-refractivity contribution in [3.8, 4) is 0 Å². The number of aromatic nitrogens is 3. The molecule has 2 heterocycles. The fraction of sp³-hybridized carbons (Fsp3) is 0.188. The number of fused-ring (bicyclic) bond motifs is 1. The van der Waals surface area contributed by atoms with Gasteiger partial charge in [0.1, 0.15) is 5.82 Å². The maximum Gasteiger partial charge on any atom is 0.178 e. The normalized spacial score (nSPS) is 11.2. The molecular weight excluding hydrogens is 297 g/mol. The van der Waals surface area contributed by atoms with Crippen molar-refractivity contribution in [2.24, 2.45) is 0 Å². The van der Waals surface area contributed by atoms with Crippen molar-refractivity contribution >= 4 is 22.7 Å². The minimum atomic E-state index is -0.330. The van der Waals surface area contributed by atoms with E-state index in [9.17, 15) is 9.60 Å². The number of aromatic amines is 1. The van der Waals surface area contributed by atoms with Crippen molar-refractivity contribution in [1.29, 1.82) is 5.41 Å². The van der Waals surface area contributed by atoms with E-state index in [4.69, 9.17) is 5.41 Å². The third-order valence-electron chi connectivity index (χ3n) is 3.64. The second-order valence-corrected chi connectivity index (χ2v) is 5.48. The van der Waals surface area contributed by atoms with Crippen LogP contribution in [0.3, 0.4) is 0 Å². The highest BCUT2D eigenvalue weighted by Gasteiger charge is 2.18. The summed E-state index contributed by atoms with van der Waals surface area (Å²) < 4.78 is 13.8. The smallest absolute Gasteiger partial charge is 0.178 e. The van der Waals surface area contributed by atoms with Crippen molar-refractivity contribution in [2.75, 3.05) is 5.06 Å². The molecule has 23 heavy (non-hydrogen) atoms. The first kappa shape index (κ1) is 15.1.